The summed E-state index contributed by atoms with van der Waals surface area (Å²) in [5, 5.41) is 0.503. The molecule has 0 atom stereocenters. The number of methoxy groups -OCH3 is 2. The molecule has 6 nitrogen and oxygen atoms in total. The molecule has 0 amide bonds. The first-order valence-corrected chi connectivity index (χ1v) is 10.7. The molecule has 8 heteroatoms. The van der Waals surface area contributed by atoms with Crippen molar-refractivity contribution in [3.63, 3.8) is 0 Å². The van der Waals surface area contributed by atoms with Crippen molar-refractivity contribution in [3.05, 3.63) is 77.8 Å². The molecule has 0 aliphatic heterocycles. The summed E-state index contributed by atoms with van der Waals surface area (Å²) in [6, 6.07) is 12.9. The smallest absolute Gasteiger partial charge is 0.337 e. The Balaban J connectivity index is 2.10. The Morgan fingerprint density at radius 2 is 1.71 bits per heavy atom. The minimum atomic E-state index is -0.774. The number of halogens is 2. The third kappa shape index (κ3) is 4.12. The highest BCUT2D eigenvalue weighted by Crippen LogP contribution is 2.45. The van der Waals surface area contributed by atoms with Gasteiger partial charge in [-0.1, -0.05) is 26.0 Å². The van der Waals surface area contributed by atoms with Gasteiger partial charge in [0.15, 0.2) is 12.5 Å². The molecule has 2 aromatic heterocycles. The predicted molar refractivity (Wildman–Crippen MR) is 124 cm³/mol. The van der Waals surface area contributed by atoms with Crippen molar-refractivity contribution >= 4 is 16.9 Å². The van der Waals surface area contributed by atoms with Crippen molar-refractivity contribution < 1.29 is 27.8 Å². The van der Waals surface area contributed by atoms with E-state index in [1.165, 1.54) is 32.5 Å². The van der Waals surface area contributed by atoms with E-state index in [1.807, 2.05) is 18.4 Å². The zero-order valence-electron chi connectivity index (χ0n) is 19.3. The fourth-order valence-electron chi connectivity index (χ4n) is 4.09. The van der Waals surface area contributed by atoms with Gasteiger partial charge in [-0.2, -0.15) is 4.39 Å². The molecule has 0 bridgehead atoms. The van der Waals surface area contributed by atoms with Gasteiger partial charge < -0.3 is 18.8 Å². The number of carbonyl (C=O) groups excluding carboxylic acids is 1. The first kappa shape index (κ1) is 23.4. The van der Waals surface area contributed by atoms with Crippen molar-refractivity contribution in [1.29, 1.82) is 0 Å². The molecule has 4 aromatic rings. The van der Waals surface area contributed by atoms with E-state index in [2.05, 4.69) is 4.98 Å². The van der Waals surface area contributed by atoms with Gasteiger partial charge in [0.2, 0.25) is 0 Å². The highest BCUT2D eigenvalue weighted by atomic mass is 19.1. The fraction of sp³-hybridized carbons (Fsp3) is 0.231. The molecule has 34 heavy (non-hydrogen) atoms. The Kier molecular flexibility index (Phi) is 6.61. The fourth-order valence-corrected chi connectivity index (χ4v) is 4.09. The minimum Gasteiger partial charge on any atom is -0.465 e. The summed E-state index contributed by atoms with van der Waals surface area (Å²) in [5.41, 5.74) is 3.99. The number of benzene rings is 2. The summed E-state index contributed by atoms with van der Waals surface area (Å²) in [7, 11) is 2.76. The van der Waals surface area contributed by atoms with Crippen molar-refractivity contribution in [3.8, 4) is 22.6 Å². The maximum Gasteiger partial charge on any atom is 0.337 e. The van der Waals surface area contributed by atoms with Crippen LogP contribution in [0.1, 0.15) is 35.8 Å². The van der Waals surface area contributed by atoms with Gasteiger partial charge in [-0.25, -0.2) is 14.2 Å². The molecule has 4 rings (SSSR count). The van der Waals surface area contributed by atoms with E-state index in [0.717, 1.165) is 16.8 Å². The van der Waals surface area contributed by atoms with E-state index >= 15 is 0 Å². The standard InChI is InChI=1S/C26H24F2N2O4/c1-15(2)23-21(16-5-7-17(8-6-16)26(31)33-4)22-20(13-29-25(28)24(22)34-14-32-3)30(23)19-11-9-18(27)10-12-19/h5-13,15H,14H2,1-4H3. The van der Waals surface area contributed by atoms with Crippen LogP contribution in [0.15, 0.2) is 54.7 Å². The Morgan fingerprint density at radius 1 is 1.03 bits per heavy atom. The normalized spacial score (nSPS) is 11.3. The zero-order valence-corrected chi connectivity index (χ0v) is 19.3. The Hall–Kier alpha value is -3.78. The van der Waals surface area contributed by atoms with E-state index in [1.54, 1.807) is 36.4 Å². The summed E-state index contributed by atoms with van der Waals surface area (Å²) in [5.74, 6) is -1.66. The maximum absolute atomic E-state index is 14.9. The third-order valence-corrected chi connectivity index (χ3v) is 5.51. The molecule has 2 aromatic carbocycles. The molecule has 0 aliphatic carbocycles. The van der Waals surface area contributed by atoms with Gasteiger partial charge in [0.25, 0.3) is 5.95 Å². The van der Waals surface area contributed by atoms with Gasteiger partial charge >= 0.3 is 5.97 Å². The molecule has 0 aliphatic rings. The van der Waals surface area contributed by atoms with E-state index in [4.69, 9.17) is 14.2 Å². The van der Waals surface area contributed by atoms with Gasteiger partial charge in [0.1, 0.15) is 5.82 Å². The molecule has 176 valence electrons. The van der Waals surface area contributed by atoms with Crippen LogP contribution in [0.25, 0.3) is 27.7 Å². The quantitative estimate of drug-likeness (QED) is 0.194. The van der Waals surface area contributed by atoms with Crippen LogP contribution in [-0.2, 0) is 9.47 Å². The molecule has 0 radical (unpaired) electrons. The second kappa shape index (κ2) is 9.61. The van der Waals surface area contributed by atoms with Crippen LogP contribution >= 0.6 is 0 Å². The Morgan fingerprint density at radius 3 is 2.29 bits per heavy atom. The number of nitrogens with zero attached hydrogens (tertiary/aromatic N) is 2. The molecule has 0 saturated carbocycles. The van der Waals surface area contributed by atoms with Crippen LogP contribution in [0.5, 0.6) is 5.75 Å². The van der Waals surface area contributed by atoms with E-state index in [9.17, 15) is 13.6 Å². The number of pyridine rings is 1. The summed E-state index contributed by atoms with van der Waals surface area (Å²) < 4.78 is 46.0. The number of carbonyl (C=O) groups is 1. The third-order valence-electron chi connectivity index (χ3n) is 5.51. The summed E-state index contributed by atoms with van der Waals surface area (Å²) in [6.45, 7) is 3.86. The van der Waals surface area contributed by atoms with Crippen molar-refractivity contribution in [1.82, 2.24) is 9.55 Å². The van der Waals surface area contributed by atoms with Gasteiger partial charge in [-0.3, -0.25) is 0 Å². The predicted octanol–water partition coefficient (Wildman–Crippen LogP) is 5.86. The maximum atomic E-state index is 14.9. The molecular weight excluding hydrogens is 442 g/mol. The monoisotopic (exact) mass is 466 g/mol. The van der Waals surface area contributed by atoms with Crippen LogP contribution in [0.3, 0.4) is 0 Å². The van der Waals surface area contributed by atoms with E-state index < -0.39 is 11.9 Å². The average Bonchev–Trinajstić information content (AvgIpc) is 3.19. The second-order valence-electron chi connectivity index (χ2n) is 7.98. The Bertz CT molecular complexity index is 1330. The molecule has 0 fully saturated rings. The molecular formula is C26H24F2N2O4. The lowest BCUT2D eigenvalue weighted by molar-refractivity contribution is 0.0489. The van der Waals surface area contributed by atoms with Crippen molar-refractivity contribution in [2.75, 3.05) is 21.0 Å². The van der Waals surface area contributed by atoms with Crippen LogP contribution in [0, 0.1) is 11.8 Å². The number of rotatable bonds is 7. The van der Waals surface area contributed by atoms with E-state index in [-0.39, 0.29) is 24.3 Å². The number of hydrogen-bond acceptors (Lipinski definition) is 5. The van der Waals surface area contributed by atoms with Gasteiger partial charge in [0.05, 0.1) is 29.8 Å². The number of aromatic nitrogens is 2. The van der Waals surface area contributed by atoms with Gasteiger partial charge in [-0.05, 0) is 47.9 Å². The van der Waals surface area contributed by atoms with Crippen LogP contribution in [-0.4, -0.2) is 36.5 Å². The number of esters is 1. The first-order valence-electron chi connectivity index (χ1n) is 10.7. The molecule has 0 N–H and O–H groups in total. The van der Waals surface area contributed by atoms with Crippen molar-refractivity contribution in [2.24, 2.45) is 0 Å². The van der Waals surface area contributed by atoms with E-state index in [0.29, 0.717) is 22.2 Å². The van der Waals surface area contributed by atoms with Gasteiger partial charge in [-0.15, -0.1) is 0 Å². The largest absolute Gasteiger partial charge is 0.465 e. The minimum absolute atomic E-state index is 0.0222. The van der Waals surface area contributed by atoms with Gasteiger partial charge in [0, 0.05) is 24.1 Å². The summed E-state index contributed by atoms with van der Waals surface area (Å²) >= 11 is 0. The number of ether oxygens (including phenoxy) is 3. The topological polar surface area (TPSA) is 62.6 Å². The summed E-state index contributed by atoms with van der Waals surface area (Å²) in [6.07, 6.45) is 1.44. The molecule has 0 saturated heterocycles. The number of hydrogen-bond donors (Lipinski definition) is 0. The lowest BCUT2D eigenvalue weighted by atomic mass is 9.96. The molecule has 0 spiro atoms. The highest BCUT2D eigenvalue weighted by Gasteiger charge is 2.27. The van der Waals surface area contributed by atoms with Crippen molar-refractivity contribution in [2.45, 2.75) is 19.8 Å². The van der Waals surface area contributed by atoms with Crippen LogP contribution < -0.4 is 4.74 Å². The zero-order chi connectivity index (χ0) is 24.4. The average molecular weight is 466 g/mol. The second-order valence-corrected chi connectivity index (χ2v) is 7.98. The molecule has 0 unspecified atom stereocenters. The van der Waals surface area contributed by atoms with Crippen LogP contribution in [0.2, 0.25) is 0 Å². The lowest BCUT2D eigenvalue weighted by Gasteiger charge is -2.16. The number of fused-ring (bicyclic) bond motifs is 1. The lowest BCUT2D eigenvalue weighted by Crippen LogP contribution is -2.04. The molecule has 2 heterocycles. The van der Waals surface area contributed by atoms with Crippen LogP contribution in [0.4, 0.5) is 8.78 Å². The highest BCUT2D eigenvalue weighted by molar-refractivity contribution is 6.03. The summed E-state index contributed by atoms with van der Waals surface area (Å²) in [4.78, 5) is 15.9. The SMILES string of the molecule is COCOc1c(F)ncc2c1c(-c1ccc(C(=O)OC)cc1)c(C(C)C)n2-c1ccc(F)cc1. The Labute approximate surface area is 195 Å². The first-order chi connectivity index (χ1) is 16.4.